The van der Waals surface area contributed by atoms with Gasteiger partial charge in [0, 0.05) is 23.6 Å². The lowest BCUT2D eigenvalue weighted by molar-refractivity contribution is 0.0691. The first-order chi connectivity index (χ1) is 9.67. The number of carbonyl (C=O) groups is 1. The van der Waals surface area contributed by atoms with E-state index >= 15 is 0 Å². The Hall–Kier alpha value is -0.780. The Balaban J connectivity index is 0.00000220. The number of nitrogens with zero attached hydrogens (tertiary/aromatic N) is 1. The van der Waals surface area contributed by atoms with Gasteiger partial charge < -0.3 is 15.0 Å². The molecule has 0 radical (unpaired) electrons. The molecule has 118 valence electrons. The molecule has 1 heterocycles. The van der Waals surface area contributed by atoms with Crippen LogP contribution in [0.4, 0.5) is 0 Å². The second kappa shape index (κ2) is 8.61. The molecule has 0 spiro atoms. The molecule has 0 bridgehead atoms. The lowest BCUT2D eigenvalue weighted by atomic mass is 10.1. The van der Waals surface area contributed by atoms with Crippen LogP contribution in [0.15, 0.2) is 22.7 Å². The Kier molecular flexibility index (Phi) is 7.49. The summed E-state index contributed by atoms with van der Waals surface area (Å²) in [4.78, 5) is 14.8. The van der Waals surface area contributed by atoms with Gasteiger partial charge in [0.1, 0.15) is 5.75 Å². The number of benzene rings is 1. The van der Waals surface area contributed by atoms with Crippen LogP contribution in [-0.2, 0) is 0 Å². The van der Waals surface area contributed by atoms with Crippen LogP contribution in [0.25, 0.3) is 0 Å². The molecule has 6 heteroatoms. The van der Waals surface area contributed by atoms with Crippen LogP contribution >= 0.6 is 28.3 Å². The molecule has 1 aliphatic heterocycles. The quantitative estimate of drug-likeness (QED) is 0.857. The number of methoxy groups -OCH3 is 1. The largest absolute Gasteiger partial charge is 0.497 e. The number of amides is 1. The molecule has 21 heavy (non-hydrogen) atoms. The molecule has 1 aromatic carbocycles. The summed E-state index contributed by atoms with van der Waals surface area (Å²) in [6.45, 7) is 4.75. The molecular formula is C15H22BrClN2O2. The van der Waals surface area contributed by atoms with E-state index in [9.17, 15) is 4.79 Å². The second-order valence-electron chi connectivity index (χ2n) is 4.99. The van der Waals surface area contributed by atoms with Crippen LogP contribution in [0.5, 0.6) is 5.75 Å². The second-order valence-corrected chi connectivity index (χ2v) is 5.85. The lowest BCUT2D eigenvalue weighted by Gasteiger charge is -2.28. The molecule has 1 unspecified atom stereocenters. The normalized spacial score (nSPS) is 17.2. The van der Waals surface area contributed by atoms with Crippen LogP contribution in [0.3, 0.4) is 0 Å². The van der Waals surface area contributed by atoms with Gasteiger partial charge in [0.15, 0.2) is 0 Å². The Morgan fingerprint density at radius 1 is 1.52 bits per heavy atom. The summed E-state index contributed by atoms with van der Waals surface area (Å²) in [5, 5.41) is 3.32. The van der Waals surface area contributed by atoms with Gasteiger partial charge in [0.05, 0.1) is 12.7 Å². The van der Waals surface area contributed by atoms with Crippen LogP contribution in [-0.4, -0.2) is 43.6 Å². The monoisotopic (exact) mass is 376 g/mol. The molecular weight excluding hydrogens is 356 g/mol. The molecule has 0 saturated carbocycles. The third-order valence-corrected chi connectivity index (χ3v) is 4.30. The first-order valence-electron chi connectivity index (χ1n) is 7.02. The first-order valence-corrected chi connectivity index (χ1v) is 7.82. The molecule has 0 aromatic heterocycles. The van der Waals surface area contributed by atoms with Gasteiger partial charge in [-0.3, -0.25) is 4.79 Å². The molecule has 1 N–H and O–H groups in total. The maximum absolute atomic E-state index is 12.8. The van der Waals surface area contributed by atoms with Crippen molar-refractivity contribution in [1.29, 1.82) is 0 Å². The number of hydrogen-bond acceptors (Lipinski definition) is 3. The highest BCUT2D eigenvalue weighted by molar-refractivity contribution is 9.10. The molecule has 1 saturated heterocycles. The van der Waals surface area contributed by atoms with Gasteiger partial charge >= 0.3 is 0 Å². The van der Waals surface area contributed by atoms with E-state index in [1.54, 1.807) is 13.2 Å². The minimum Gasteiger partial charge on any atom is -0.497 e. The van der Waals surface area contributed by atoms with E-state index in [0.29, 0.717) is 17.4 Å². The number of halogens is 2. The zero-order chi connectivity index (χ0) is 14.5. The highest BCUT2D eigenvalue weighted by Crippen LogP contribution is 2.25. The van der Waals surface area contributed by atoms with E-state index in [-0.39, 0.29) is 18.3 Å². The molecule has 1 aromatic rings. The SMILES string of the molecule is CCCN(C(=O)c1cc(OC)ccc1Br)C1CCNC1.Cl. The predicted molar refractivity (Wildman–Crippen MR) is 90.5 cm³/mol. The van der Waals surface area contributed by atoms with Gasteiger partial charge in [-0.15, -0.1) is 12.4 Å². The van der Waals surface area contributed by atoms with Crippen molar-refractivity contribution in [1.82, 2.24) is 10.2 Å². The smallest absolute Gasteiger partial charge is 0.255 e. The summed E-state index contributed by atoms with van der Waals surface area (Å²) < 4.78 is 6.04. The number of ether oxygens (including phenoxy) is 1. The summed E-state index contributed by atoms with van der Waals surface area (Å²) in [6.07, 6.45) is 1.98. The Labute approximate surface area is 140 Å². The third kappa shape index (κ3) is 4.34. The van der Waals surface area contributed by atoms with Gasteiger partial charge in [-0.1, -0.05) is 6.92 Å². The lowest BCUT2D eigenvalue weighted by Crippen LogP contribution is -2.42. The molecule has 0 aliphatic carbocycles. The maximum atomic E-state index is 12.8. The van der Waals surface area contributed by atoms with Crippen molar-refractivity contribution in [3.05, 3.63) is 28.2 Å². The van der Waals surface area contributed by atoms with Crippen molar-refractivity contribution in [3.8, 4) is 5.75 Å². The molecule has 1 aliphatic rings. The Bertz CT molecular complexity index is 479. The van der Waals surface area contributed by atoms with E-state index < -0.39 is 0 Å². The molecule has 1 amide bonds. The summed E-state index contributed by atoms with van der Waals surface area (Å²) in [5.74, 6) is 0.781. The van der Waals surface area contributed by atoms with Crippen LogP contribution in [0.2, 0.25) is 0 Å². The molecule has 1 fully saturated rings. The van der Waals surface area contributed by atoms with Gasteiger partial charge in [0.2, 0.25) is 0 Å². The van der Waals surface area contributed by atoms with E-state index in [2.05, 4.69) is 28.2 Å². The zero-order valence-electron chi connectivity index (χ0n) is 12.4. The maximum Gasteiger partial charge on any atom is 0.255 e. The average Bonchev–Trinajstić information content (AvgIpc) is 2.98. The van der Waals surface area contributed by atoms with Crippen molar-refractivity contribution in [2.45, 2.75) is 25.8 Å². The fourth-order valence-electron chi connectivity index (χ4n) is 2.55. The van der Waals surface area contributed by atoms with Gasteiger partial charge in [-0.2, -0.15) is 0 Å². The van der Waals surface area contributed by atoms with Crippen LogP contribution in [0, 0.1) is 0 Å². The van der Waals surface area contributed by atoms with Crippen molar-refractivity contribution >= 4 is 34.2 Å². The van der Waals surface area contributed by atoms with E-state index in [0.717, 1.165) is 36.9 Å². The molecule has 2 rings (SSSR count). The van der Waals surface area contributed by atoms with Crippen molar-refractivity contribution in [2.75, 3.05) is 26.7 Å². The number of hydrogen-bond donors (Lipinski definition) is 1. The van der Waals surface area contributed by atoms with Crippen LogP contribution in [0.1, 0.15) is 30.1 Å². The van der Waals surface area contributed by atoms with Gasteiger partial charge in [0.25, 0.3) is 5.91 Å². The number of rotatable bonds is 5. The molecule has 1 atom stereocenters. The minimum atomic E-state index is 0. The van der Waals surface area contributed by atoms with Gasteiger partial charge in [-0.05, 0) is 53.5 Å². The fourth-order valence-corrected chi connectivity index (χ4v) is 2.96. The fraction of sp³-hybridized carbons (Fsp3) is 0.533. The van der Waals surface area contributed by atoms with E-state index in [1.165, 1.54) is 0 Å². The average molecular weight is 378 g/mol. The number of nitrogens with one attached hydrogen (secondary N) is 1. The molecule has 4 nitrogen and oxygen atoms in total. The Morgan fingerprint density at radius 3 is 2.86 bits per heavy atom. The van der Waals surface area contributed by atoms with Crippen molar-refractivity contribution < 1.29 is 9.53 Å². The van der Waals surface area contributed by atoms with Crippen molar-refractivity contribution in [3.63, 3.8) is 0 Å². The standard InChI is InChI=1S/C15H21BrN2O2.ClH/c1-3-8-18(11-6-7-17-10-11)15(19)13-9-12(20-2)4-5-14(13)16;/h4-5,9,11,17H,3,6-8,10H2,1-2H3;1H. The summed E-state index contributed by atoms with van der Waals surface area (Å²) in [7, 11) is 1.61. The van der Waals surface area contributed by atoms with Crippen molar-refractivity contribution in [2.24, 2.45) is 0 Å². The van der Waals surface area contributed by atoms with E-state index in [4.69, 9.17) is 4.74 Å². The number of carbonyl (C=O) groups excluding carboxylic acids is 1. The third-order valence-electron chi connectivity index (χ3n) is 3.60. The highest BCUT2D eigenvalue weighted by Gasteiger charge is 2.27. The van der Waals surface area contributed by atoms with Gasteiger partial charge in [-0.25, -0.2) is 0 Å². The Morgan fingerprint density at radius 2 is 2.29 bits per heavy atom. The van der Waals surface area contributed by atoms with Crippen LogP contribution < -0.4 is 10.1 Å². The first kappa shape index (κ1) is 18.3. The summed E-state index contributed by atoms with van der Waals surface area (Å²) >= 11 is 3.47. The zero-order valence-corrected chi connectivity index (χ0v) is 14.8. The summed E-state index contributed by atoms with van der Waals surface area (Å²) in [5.41, 5.74) is 0.671. The summed E-state index contributed by atoms with van der Waals surface area (Å²) in [6, 6.07) is 5.81. The van der Waals surface area contributed by atoms with E-state index in [1.807, 2.05) is 17.0 Å². The minimum absolute atomic E-state index is 0. The highest BCUT2D eigenvalue weighted by atomic mass is 79.9. The predicted octanol–water partition coefficient (Wildman–Crippen LogP) is 3.09. The topological polar surface area (TPSA) is 41.6 Å².